The van der Waals surface area contributed by atoms with Crippen LogP contribution >= 0.6 is 15.9 Å². The van der Waals surface area contributed by atoms with Crippen LogP contribution < -0.4 is 0 Å². The van der Waals surface area contributed by atoms with Gasteiger partial charge < -0.3 is 0 Å². The molecule has 3 heteroatoms. The minimum Gasteiger partial charge on any atom is -0.300 e. The molecule has 16 heavy (non-hydrogen) atoms. The van der Waals surface area contributed by atoms with Gasteiger partial charge in [-0.2, -0.15) is 0 Å². The topological polar surface area (TPSA) is 17.3 Å². The van der Waals surface area contributed by atoms with Crippen LogP contribution in [0.15, 0.2) is 59.3 Å². The maximum atomic E-state index is 4.46. The minimum absolute atomic E-state index is 0.961. The molecule has 0 aliphatic rings. The average molecular weight is 273 g/mol. The Morgan fingerprint density at radius 1 is 1.00 bits per heavy atom. The zero-order chi connectivity index (χ0) is 11.0. The van der Waals surface area contributed by atoms with E-state index in [0.29, 0.717) is 0 Å². The Morgan fingerprint density at radius 2 is 1.81 bits per heavy atom. The Labute approximate surface area is 102 Å². The molecule has 0 atom stereocenters. The van der Waals surface area contributed by atoms with Crippen molar-refractivity contribution in [3.05, 3.63) is 59.3 Å². The number of imidazole rings is 1. The summed E-state index contributed by atoms with van der Waals surface area (Å²) < 4.78 is 3.14. The number of hydrogen-bond acceptors (Lipinski definition) is 1. The molecule has 0 unspecified atom stereocenters. The lowest BCUT2D eigenvalue weighted by atomic mass is 10.2. The van der Waals surface area contributed by atoms with E-state index < -0.39 is 0 Å². The van der Waals surface area contributed by atoms with Crippen LogP contribution in [-0.4, -0.2) is 9.38 Å². The standard InChI is InChI=1S/C13H9BrN2/c14-12-7-2-1-6-11(12)13-15-9-10-5-3-4-8-16(10)13/h1-9H. The van der Waals surface area contributed by atoms with Gasteiger partial charge in [-0.3, -0.25) is 4.40 Å². The molecular formula is C13H9BrN2. The summed E-state index contributed by atoms with van der Waals surface area (Å²) in [5.74, 6) is 0.961. The lowest BCUT2D eigenvalue weighted by Crippen LogP contribution is -1.89. The summed E-state index contributed by atoms with van der Waals surface area (Å²) in [5, 5.41) is 0. The molecule has 0 amide bonds. The summed E-state index contributed by atoms with van der Waals surface area (Å²) in [5.41, 5.74) is 2.21. The first kappa shape index (κ1) is 9.60. The van der Waals surface area contributed by atoms with Crippen LogP contribution in [0.4, 0.5) is 0 Å². The summed E-state index contributed by atoms with van der Waals surface area (Å²) in [6, 6.07) is 14.2. The van der Waals surface area contributed by atoms with Gasteiger partial charge in [0.05, 0.1) is 11.7 Å². The van der Waals surface area contributed by atoms with Gasteiger partial charge in [-0.1, -0.05) is 40.2 Å². The molecule has 3 aromatic rings. The van der Waals surface area contributed by atoms with Crippen LogP contribution in [0.25, 0.3) is 16.9 Å². The Balaban J connectivity index is 2.31. The average Bonchev–Trinajstić information content (AvgIpc) is 2.74. The van der Waals surface area contributed by atoms with Crippen molar-refractivity contribution in [1.82, 2.24) is 9.38 Å². The van der Waals surface area contributed by atoms with E-state index in [-0.39, 0.29) is 0 Å². The molecule has 0 spiro atoms. The van der Waals surface area contributed by atoms with Crippen molar-refractivity contribution >= 4 is 21.4 Å². The second-order valence-electron chi connectivity index (χ2n) is 3.56. The van der Waals surface area contributed by atoms with Crippen molar-refractivity contribution in [2.45, 2.75) is 0 Å². The number of aromatic nitrogens is 2. The van der Waals surface area contributed by atoms with Crippen molar-refractivity contribution in [2.75, 3.05) is 0 Å². The van der Waals surface area contributed by atoms with Crippen LogP contribution in [0.5, 0.6) is 0 Å². The van der Waals surface area contributed by atoms with Crippen molar-refractivity contribution in [3.63, 3.8) is 0 Å². The molecule has 2 nitrogen and oxygen atoms in total. The van der Waals surface area contributed by atoms with Gasteiger partial charge in [-0.25, -0.2) is 4.98 Å². The minimum atomic E-state index is 0.961. The van der Waals surface area contributed by atoms with E-state index in [4.69, 9.17) is 0 Å². The summed E-state index contributed by atoms with van der Waals surface area (Å²) in [6.45, 7) is 0. The highest BCUT2D eigenvalue weighted by Gasteiger charge is 2.07. The highest BCUT2D eigenvalue weighted by atomic mass is 79.9. The predicted octanol–water partition coefficient (Wildman–Crippen LogP) is 3.76. The zero-order valence-electron chi connectivity index (χ0n) is 8.47. The van der Waals surface area contributed by atoms with Gasteiger partial charge in [0.2, 0.25) is 0 Å². The van der Waals surface area contributed by atoms with E-state index in [1.807, 2.05) is 48.8 Å². The number of benzene rings is 1. The van der Waals surface area contributed by atoms with E-state index in [1.54, 1.807) is 0 Å². The lowest BCUT2D eigenvalue weighted by Gasteiger charge is -2.03. The molecule has 0 saturated carbocycles. The summed E-state index contributed by atoms with van der Waals surface area (Å²) in [4.78, 5) is 4.46. The number of halogens is 1. The summed E-state index contributed by atoms with van der Waals surface area (Å²) in [7, 11) is 0. The number of hydrogen-bond donors (Lipinski definition) is 0. The van der Waals surface area contributed by atoms with Crippen molar-refractivity contribution in [3.8, 4) is 11.4 Å². The second kappa shape index (κ2) is 3.76. The van der Waals surface area contributed by atoms with Gasteiger partial charge in [0.1, 0.15) is 5.82 Å². The Morgan fingerprint density at radius 3 is 2.69 bits per heavy atom. The number of pyridine rings is 1. The molecule has 3 rings (SSSR count). The zero-order valence-corrected chi connectivity index (χ0v) is 10.1. The first-order valence-corrected chi connectivity index (χ1v) is 5.82. The molecule has 0 N–H and O–H groups in total. The van der Waals surface area contributed by atoms with Gasteiger partial charge >= 0.3 is 0 Å². The van der Waals surface area contributed by atoms with Crippen LogP contribution in [0.1, 0.15) is 0 Å². The van der Waals surface area contributed by atoms with E-state index >= 15 is 0 Å². The highest BCUT2D eigenvalue weighted by Crippen LogP contribution is 2.27. The third-order valence-electron chi connectivity index (χ3n) is 2.55. The first-order chi connectivity index (χ1) is 7.86. The Kier molecular flexibility index (Phi) is 2.26. The van der Waals surface area contributed by atoms with Gasteiger partial charge in [-0.15, -0.1) is 0 Å². The monoisotopic (exact) mass is 272 g/mol. The molecule has 2 aromatic heterocycles. The molecule has 1 aromatic carbocycles. The molecule has 0 bridgehead atoms. The lowest BCUT2D eigenvalue weighted by molar-refractivity contribution is 1.16. The third kappa shape index (κ3) is 1.44. The molecule has 78 valence electrons. The first-order valence-electron chi connectivity index (χ1n) is 5.03. The quantitative estimate of drug-likeness (QED) is 0.659. The number of rotatable bonds is 1. The molecule has 0 radical (unpaired) electrons. The fraction of sp³-hybridized carbons (Fsp3) is 0. The van der Waals surface area contributed by atoms with E-state index in [9.17, 15) is 0 Å². The van der Waals surface area contributed by atoms with E-state index in [1.165, 1.54) is 0 Å². The third-order valence-corrected chi connectivity index (χ3v) is 3.24. The highest BCUT2D eigenvalue weighted by molar-refractivity contribution is 9.10. The second-order valence-corrected chi connectivity index (χ2v) is 4.41. The largest absolute Gasteiger partial charge is 0.300 e. The SMILES string of the molecule is Brc1ccccc1-c1ncc2ccccn12. The van der Waals surface area contributed by atoms with Crippen LogP contribution in [0.3, 0.4) is 0 Å². The Bertz CT molecular complexity index is 643. The van der Waals surface area contributed by atoms with Crippen LogP contribution in [0.2, 0.25) is 0 Å². The summed E-state index contributed by atoms with van der Waals surface area (Å²) >= 11 is 3.55. The molecule has 0 aliphatic carbocycles. The van der Waals surface area contributed by atoms with Gasteiger partial charge in [-0.05, 0) is 18.2 Å². The van der Waals surface area contributed by atoms with Crippen molar-refractivity contribution < 1.29 is 0 Å². The molecule has 2 heterocycles. The number of nitrogens with zero attached hydrogens (tertiary/aromatic N) is 2. The van der Waals surface area contributed by atoms with Crippen molar-refractivity contribution in [1.29, 1.82) is 0 Å². The smallest absolute Gasteiger partial charge is 0.145 e. The molecular weight excluding hydrogens is 264 g/mol. The van der Waals surface area contributed by atoms with Crippen molar-refractivity contribution in [2.24, 2.45) is 0 Å². The van der Waals surface area contributed by atoms with Crippen LogP contribution in [0, 0.1) is 0 Å². The van der Waals surface area contributed by atoms with Gasteiger partial charge in [0.15, 0.2) is 0 Å². The van der Waals surface area contributed by atoms with Crippen LogP contribution in [-0.2, 0) is 0 Å². The Hall–Kier alpha value is -1.61. The fourth-order valence-corrected chi connectivity index (χ4v) is 2.25. The fourth-order valence-electron chi connectivity index (χ4n) is 1.79. The molecule has 0 aliphatic heterocycles. The normalized spacial score (nSPS) is 10.8. The van der Waals surface area contributed by atoms with E-state index in [0.717, 1.165) is 21.4 Å². The van der Waals surface area contributed by atoms with Gasteiger partial charge in [0, 0.05) is 16.2 Å². The number of fused-ring (bicyclic) bond motifs is 1. The van der Waals surface area contributed by atoms with Gasteiger partial charge in [0.25, 0.3) is 0 Å². The predicted molar refractivity (Wildman–Crippen MR) is 68.3 cm³/mol. The maximum absolute atomic E-state index is 4.46. The summed E-state index contributed by atoms with van der Waals surface area (Å²) in [6.07, 6.45) is 3.91. The van der Waals surface area contributed by atoms with E-state index in [2.05, 4.69) is 31.4 Å². The molecule has 0 saturated heterocycles. The maximum Gasteiger partial charge on any atom is 0.145 e. The molecule has 0 fully saturated rings.